The Bertz CT molecular complexity index is 5230. The number of phenolic OH excluding ortho intramolecular Hbond substituents is 3. The summed E-state index contributed by atoms with van der Waals surface area (Å²) < 4.78 is 68.3. The lowest BCUT2D eigenvalue weighted by Crippen LogP contribution is -2.64. The van der Waals surface area contributed by atoms with Crippen molar-refractivity contribution < 1.29 is 167 Å². The third kappa shape index (κ3) is 19.3. The Labute approximate surface area is 728 Å². The Morgan fingerprint density at radius 2 is 1.20 bits per heavy atom. The number of aromatic hydroxyl groups is 3. The van der Waals surface area contributed by atoms with Crippen LogP contribution in [0.3, 0.4) is 0 Å². The maximum atomic E-state index is 16.8. The number of nitrogens with one attached hydrogen (secondary N) is 6. The van der Waals surface area contributed by atoms with E-state index in [0.717, 1.165) is 66.7 Å². The van der Waals surface area contributed by atoms with E-state index in [-0.39, 0.29) is 39.6 Å². The lowest BCUT2D eigenvalue weighted by atomic mass is 9.89. The number of halogens is 2. The van der Waals surface area contributed by atoms with Crippen molar-refractivity contribution in [2.24, 2.45) is 11.5 Å². The van der Waals surface area contributed by atoms with Crippen molar-refractivity contribution in [3.05, 3.63) is 182 Å². The summed E-state index contributed by atoms with van der Waals surface area (Å²) in [4.78, 5) is 110. The van der Waals surface area contributed by atoms with Gasteiger partial charge < -0.3 is 177 Å². The van der Waals surface area contributed by atoms with Gasteiger partial charge in [0, 0.05) is 48.8 Å². The molecule has 0 unspecified atom stereocenters. The van der Waals surface area contributed by atoms with Gasteiger partial charge in [0.15, 0.2) is 42.5 Å². The summed E-state index contributed by atoms with van der Waals surface area (Å²) in [6.07, 6.45) is -40.2. The zero-order chi connectivity index (χ0) is 91.2. The Morgan fingerprint density at radius 3 is 1.87 bits per heavy atom. The number of benzene rings is 7. The molecule has 6 amide bonds. The van der Waals surface area contributed by atoms with Crippen LogP contribution in [0.2, 0.25) is 10.0 Å². The minimum Gasteiger partial charge on any atom is -0.508 e. The van der Waals surface area contributed by atoms with Gasteiger partial charge in [0.05, 0.1) is 35.5 Å². The van der Waals surface area contributed by atoms with Gasteiger partial charge in [0.25, 0.3) is 0 Å². The number of amides is 6. The summed E-state index contributed by atoms with van der Waals surface area (Å²) in [5, 5.41) is 194. The molecule has 0 radical (unpaired) electrons. The highest BCUT2D eigenvalue weighted by Crippen LogP contribution is 2.51. The first kappa shape index (κ1) is 92.4. The fourth-order valence-electron chi connectivity index (χ4n) is 15.8. The van der Waals surface area contributed by atoms with Gasteiger partial charge in [-0.25, -0.2) is 4.79 Å². The standard InChI is InChI=1S/C83H90Cl2N8O34/c1-29-69(117-2)42(86)26-52(118-29)124-70-34-12-17-46(41(85)21-34)120-49-23-35-22-48(71(49)125-83-72(65(104)62(101)51(28-95)123-83)126-82-68(107)64(103)66(105)80(116)127-82)119-37-13-8-31(9-14-37)60(99)58(92-74(109)54(87)32-10-16-45(98)40(84)20-32)77(112)88-43(18-30-6-4-3-5-7-30)73(108)89-56(35)76(111)90-55-33-11-15-44(97)38(19-33)53-39(57(79(114)115)91-78(113)59(70)93-75(55)110)24-36(96)25-47(53)121-81-67(106)63(102)61(100)50(27-94)122-81/h3-17,19-25,29,42-43,50-52,54-70,72,80-83,94-107,116H,18,26-28,86-87H2,1-2H3,(H,88,112)(H,89,108)(H,90,111)(H,91,113)(H,92,109)(H,93,110)(H,114,115)/t29-,42-,43-,50+,51+,52-,54+,55+,56+,57-,58+,59-,60+,61+,62+,63-,64+,65-,66+,67-,68+,69-,70+,72+,80+,81-,82+,83-/m0/s1. The van der Waals surface area contributed by atoms with Crippen LogP contribution in [0.25, 0.3) is 11.1 Å². The molecule has 9 aliphatic rings. The molecule has 42 nitrogen and oxygen atoms in total. The number of carboxylic acids is 1. The molecular formula is C83H90Cl2N8O34. The van der Waals surface area contributed by atoms with Gasteiger partial charge in [-0.05, 0) is 107 Å². The molecule has 0 spiro atoms. The molecule has 0 aromatic heterocycles. The van der Waals surface area contributed by atoms with Crippen LogP contribution in [0.5, 0.6) is 51.7 Å². The number of hydrogen-bond donors (Lipinski definition) is 24. The van der Waals surface area contributed by atoms with Crippen molar-refractivity contribution in [1.82, 2.24) is 31.9 Å². The molecule has 680 valence electrons. The molecular weight excluding hydrogens is 1720 g/mol. The predicted octanol–water partition coefficient (Wildman–Crippen LogP) is -2.24. The van der Waals surface area contributed by atoms with Crippen molar-refractivity contribution in [1.29, 1.82) is 0 Å². The van der Waals surface area contributed by atoms with E-state index in [1.807, 2.05) is 0 Å². The number of aliphatic hydroxyl groups excluding tert-OH is 12. The van der Waals surface area contributed by atoms with E-state index in [9.17, 15) is 91.3 Å². The molecule has 44 heteroatoms. The molecule has 9 heterocycles. The zero-order valence-corrected chi connectivity index (χ0v) is 68.1. The minimum atomic E-state index is -2.46. The molecule has 7 aromatic rings. The summed E-state index contributed by atoms with van der Waals surface area (Å²) in [5.74, 6) is -15.8. The quantitative estimate of drug-likeness (QED) is 0.0458. The lowest BCUT2D eigenvalue weighted by molar-refractivity contribution is -0.378. The van der Waals surface area contributed by atoms with Gasteiger partial charge in [-0.2, -0.15) is 0 Å². The Morgan fingerprint density at radius 1 is 0.567 bits per heavy atom. The molecule has 127 heavy (non-hydrogen) atoms. The second-order valence-electron chi connectivity index (χ2n) is 31.0. The number of aliphatic hydroxyl groups is 12. The monoisotopic (exact) mass is 1810 g/mol. The van der Waals surface area contributed by atoms with Crippen LogP contribution in [-0.4, -0.2) is 278 Å². The van der Waals surface area contributed by atoms with Gasteiger partial charge in [0.2, 0.25) is 53.8 Å². The first-order chi connectivity index (χ1) is 60.5. The van der Waals surface area contributed by atoms with Crippen molar-refractivity contribution in [2.75, 3.05) is 20.3 Å². The SMILES string of the molecule is CO[C@H]1[C@H](C)O[C@@H](O[C@@H]2c3ccc(c(Cl)c3)Oc3cc4cc(c3O[C@@H]3O[C@H](CO)[C@@H](O)[C@H](O)[C@H]3O[C@@H]3O[C@@H](O)[C@H](O)[C@@H](O)[C@H]3O)Oc3ccc(cc3)[C@@H](O)[C@@H](NC(=O)[C@H](N)c3ccc(O)c(Cl)c3)C(=O)N[C@@H](Cc3ccccc3)C(=O)N[C@H]4C(=O)N[C@H]3C(=O)N[C@@H]2C(=O)N[C@H](C(=O)O)c2cc(O)cc(O[C@H]4O[C@H](CO)[C@@H](O)[C@H](O)[C@@H]4O)c2-c2cc3ccc2O)C[C@@H]1N. The molecule has 11 bridgehead atoms. The van der Waals surface area contributed by atoms with Gasteiger partial charge in [-0.15, -0.1) is 0 Å². The normalized spacial score (nSPS) is 32.5. The summed E-state index contributed by atoms with van der Waals surface area (Å²) in [5.41, 5.74) is 10.3. The number of ether oxygens (including phenoxy) is 11. The summed E-state index contributed by atoms with van der Waals surface area (Å²) in [6.45, 7) is -0.531. The maximum Gasteiger partial charge on any atom is 0.330 e. The largest absolute Gasteiger partial charge is 0.508 e. The third-order valence-corrected chi connectivity index (χ3v) is 23.2. The maximum absolute atomic E-state index is 16.8. The van der Waals surface area contributed by atoms with Crippen molar-refractivity contribution >= 4 is 64.6 Å². The van der Waals surface area contributed by atoms with E-state index < -0.39 is 305 Å². The third-order valence-electron chi connectivity index (χ3n) is 22.6. The fourth-order valence-corrected chi connectivity index (χ4v) is 16.2. The van der Waals surface area contributed by atoms with Crippen LogP contribution in [0, 0.1) is 0 Å². The molecule has 7 aromatic carbocycles. The van der Waals surface area contributed by atoms with E-state index in [1.165, 1.54) is 55.6 Å². The number of fused-ring (bicyclic) bond motifs is 15. The number of methoxy groups -OCH3 is 1. The minimum absolute atomic E-state index is 0.00121. The first-order valence-corrected chi connectivity index (χ1v) is 40.3. The van der Waals surface area contributed by atoms with Crippen molar-refractivity contribution in [3.63, 3.8) is 0 Å². The molecule has 16 rings (SSSR count). The van der Waals surface area contributed by atoms with Gasteiger partial charge in [-0.3, -0.25) is 28.8 Å². The summed E-state index contributed by atoms with van der Waals surface area (Å²) in [7, 11) is 1.36. The second kappa shape index (κ2) is 38.6. The van der Waals surface area contributed by atoms with E-state index in [2.05, 4.69) is 31.9 Å². The highest BCUT2D eigenvalue weighted by atomic mass is 35.5. The lowest BCUT2D eigenvalue weighted by Gasteiger charge is -2.45. The Kier molecular flexibility index (Phi) is 28.1. The molecule has 28 atom stereocenters. The fraction of sp³-hybridized carbons (Fsp3) is 0.410. The number of carbonyl (C=O) groups excluding carboxylic acids is 6. The number of carboxylic acid groups (broad SMARTS) is 1. The Hall–Kier alpha value is -10.8. The van der Waals surface area contributed by atoms with E-state index >= 15 is 24.0 Å². The number of hydrogen-bond acceptors (Lipinski definition) is 35. The average molecular weight is 1810 g/mol. The van der Waals surface area contributed by atoms with E-state index in [0.29, 0.717) is 5.56 Å². The molecule has 26 N–H and O–H groups in total. The summed E-state index contributed by atoms with van der Waals surface area (Å²) >= 11 is 13.7. The smallest absolute Gasteiger partial charge is 0.330 e. The Balaban J connectivity index is 1.01. The first-order valence-electron chi connectivity index (χ1n) is 39.5. The molecule has 4 fully saturated rings. The highest BCUT2D eigenvalue weighted by Gasteiger charge is 2.54. The molecule has 4 saturated heterocycles. The predicted molar refractivity (Wildman–Crippen MR) is 429 cm³/mol. The van der Waals surface area contributed by atoms with Crippen LogP contribution in [0.15, 0.2) is 133 Å². The van der Waals surface area contributed by atoms with Crippen molar-refractivity contribution in [3.8, 4) is 62.9 Å². The van der Waals surface area contributed by atoms with Crippen LogP contribution >= 0.6 is 23.2 Å². The van der Waals surface area contributed by atoms with Crippen LogP contribution < -0.4 is 62.3 Å². The van der Waals surface area contributed by atoms with E-state index in [4.69, 9.17) is 86.8 Å². The second-order valence-corrected chi connectivity index (χ2v) is 31.9. The number of rotatable bonds is 17. The van der Waals surface area contributed by atoms with Gasteiger partial charge in [-0.1, -0.05) is 83.9 Å². The van der Waals surface area contributed by atoms with Gasteiger partial charge >= 0.3 is 5.97 Å². The molecule has 0 aliphatic carbocycles. The number of phenols is 3. The number of nitrogens with two attached hydrogens (primary N) is 2. The molecule has 9 aliphatic heterocycles. The van der Waals surface area contributed by atoms with Crippen LogP contribution in [0.4, 0.5) is 0 Å². The highest BCUT2D eigenvalue weighted by molar-refractivity contribution is 6.32. The molecule has 0 saturated carbocycles. The summed E-state index contributed by atoms with van der Waals surface area (Å²) in [6, 6.07) is 10.1. The van der Waals surface area contributed by atoms with E-state index in [1.54, 1.807) is 25.1 Å². The number of carbonyl (C=O) groups is 7. The van der Waals surface area contributed by atoms with Crippen LogP contribution in [-0.2, 0) is 73.1 Å². The topological polar surface area (TPSA) is 669 Å². The average Bonchev–Trinajstić information content (AvgIpc) is 0.754. The zero-order valence-electron chi connectivity index (χ0n) is 66.6. The van der Waals surface area contributed by atoms with Crippen molar-refractivity contribution in [2.45, 2.75) is 191 Å². The van der Waals surface area contributed by atoms with Crippen LogP contribution in [0.1, 0.15) is 88.7 Å². The van der Waals surface area contributed by atoms with Gasteiger partial charge in [0.1, 0.15) is 144 Å². The number of aliphatic carboxylic acids is 1.